The third kappa shape index (κ3) is 6.72. The molecule has 0 atom stereocenters. The molecular weight excluding hydrogens is 322 g/mol. The SMILES string of the molecule is CC1=C(/C=C/C(C)=C/C=C/C(C)=C/C=C(/C#N)C(=O)O)C(C)(C)CCC1. The van der Waals surface area contributed by atoms with Crippen molar-refractivity contribution in [1.29, 1.82) is 5.26 Å². The summed E-state index contributed by atoms with van der Waals surface area (Å²) < 4.78 is 0. The molecule has 138 valence electrons. The monoisotopic (exact) mass is 351 g/mol. The molecule has 0 saturated heterocycles. The van der Waals surface area contributed by atoms with Gasteiger partial charge in [-0.05, 0) is 57.1 Å². The number of nitriles is 1. The molecule has 0 aromatic rings. The first-order chi connectivity index (χ1) is 12.2. The number of carboxylic acid groups (broad SMARTS) is 1. The minimum absolute atomic E-state index is 0.239. The summed E-state index contributed by atoms with van der Waals surface area (Å²) in [4.78, 5) is 10.8. The van der Waals surface area contributed by atoms with Crippen molar-refractivity contribution >= 4 is 5.97 Å². The first-order valence-corrected chi connectivity index (χ1v) is 8.92. The molecule has 0 aromatic heterocycles. The van der Waals surface area contributed by atoms with Crippen LogP contribution in [0.3, 0.4) is 0 Å². The van der Waals surface area contributed by atoms with Crippen LogP contribution in [-0.4, -0.2) is 11.1 Å². The third-order valence-corrected chi connectivity index (χ3v) is 4.64. The second-order valence-electron chi connectivity index (χ2n) is 7.44. The normalized spacial score (nSPS) is 19.3. The van der Waals surface area contributed by atoms with E-state index >= 15 is 0 Å². The van der Waals surface area contributed by atoms with Gasteiger partial charge < -0.3 is 5.11 Å². The van der Waals surface area contributed by atoms with Gasteiger partial charge >= 0.3 is 5.97 Å². The first-order valence-electron chi connectivity index (χ1n) is 8.92. The van der Waals surface area contributed by atoms with E-state index in [2.05, 4.69) is 39.8 Å². The van der Waals surface area contributed by atoms with E-state index in [-0.39, 0.29) is 11.0 Å². The summed E-state index contributed by atoms with van der Waals surface area (Å²) in [5.74, 6) is -1.21. The molecule has 0 bridgehead atoms. The Kier molecular flexibility index (Phi) is 8.06. The van der Waals surface area contributed by atoms with Crippen LogP contribution in [0.15, 0.2) is 70.4 Å². The minimum Gasteiger partial charge on any atom is -0.477 e. The van der Waals surface area contributed by atoms with E-state index < -0.39 is 5.97 Å². The number of hydrogen-bond donors (Lipinski definition) is 1. The Bertz CT molecular complexity index is 763. The zero-order valence-electron chi connectivity index (χ0n) is 16.5. The van der Waals surface area contributed by atoms with Crippen molar-refractivity contribution in [3.63, 3.8) is 0 Å². The van der Waals surface area contributed by atoms with Crippen molar-refractivity contribution in [2.24, 2.45) is 5.41 Å². The lowest BCUT2D eigenvalue weighted by Crippen LogP contribution is -2.19. The molecule has 3 heteroatoms. The van der Waals surface area contributed by atoms with Crippen LogP contribution in [0.25, 0.3) is 0 Å². The molecular formula is C23H29NO2. The van der Waals surface area contributed by atoms with E-state index in [1.165, 1.54) is 36.5 Å². The molecule has 26 heavy (non-hydrogen) atoms. The van der Waals surface area contributed by atoms with Crippen LogP contribution in [0.1, 0.15) is 53.9 Å². The molecule has 1 rings (SSSR count). The highest BCUT2D eigenvalue weighted by molar-refractivity contribution is 5.91. The second kappa shape index (κ2) is 9.77. The van der Waals surface area contributed by atoms with Gasteiger partial charge in [-0.15, -0.1) is 0 Å². The number of carboxylic acids is 1. The van der Waals surface area contributed by atoms with Gasteiger partial charge in [-0.3, -0.25) is 0 Å². The Morgan fingerprint density at radius 1 is 1.15 bits per heavy atom. The van der Waals surface area contributed by atoms with Crippen molar-refractivity contribution in [2.45, 2.75) is 53.9 Å². The zero-order chi connectivity index (χ0) is 19.7. The van der Waals surface area contributed by atoms with Crippen molar-refractivity contribution < 1.29 is 9.90 Å². The van der Waals surface area contributed by atoms with Gasteiger partial charge in [0.2, 0.25) is 0 Å². The molecule has 0 fully saturated rings. The smallest absolute Gasteiger partial charge is 0.346 e. The van der Waals surface area contributed by atoms with Crippen LogP contribution in [-0.2, 0) is 4.79 Å². The highest BCUT2D eigenvalue weighted by atomic mass is 16.4. The number of nitrogens with zero attached hydrogens (tertiary/aromatic N) is 1. The lowest BCUT2D eigenvalue weighted by Gasteiger charge is -2.32. The maximum absolute atomic E-state index is 10.8. The van der Waals surface area contributed by atoms with Crippen LogP contribution in [0, 0.1) is 16.7 Å². The summed E-state index contributed by atoms with van der Waals surface area (Å²) in [5.41, 5.74) is 4.92. The summed E-state index contributed by atoms with van der Waals surface area (Å²) in [6.07, 6.45) is 16.8. The number of rotatable bonds is 6. The Balaban J connectivity index is 2.81. The van der Waals surface area contributed by atoms with Crippen LogP contribution < -0.4 is 0 Å². The van der Waals surface area contributed by atoms with Gasteiger partial charge in [0.05, 0.1) is 0 Å². The standard InChI is InChI=1S/C23H29NO2/c1-17(11-13-20(16-24)22(25)26)8-6-9-18(2)12-14-21-19(3)10-7-15-23(21,4)5/h6,8-9,11-14H,7,10,15H2,1-5H3,(H,25,26)/b8-6+,14-12+,17-11+,18-9+,20-13-. The summed E-state index contributed by atoms with van der Waals surface area (Å²) in [7, 11) is 0. The van der Waals surface area contributed by atoms with Gasteiger partial charge in [0.15, 0.2) is 0 Å². The molecule has 0 heterocycles. The van der Waals surface area contributed by atoms with E-state index in [4.69, 9.17) is 10.4 Å². The van der Waals surface area contributed by atoms with Crippen molar-refractivity contribution in [3.05, 3.63) is 70.4 Å². The highest BCUT2D eigenvalue weighted by Crippen LogP contribution is 2.40. The Hall–Kier alpha value is -2.60. The Labute approximate surface area is 157 Å². The fourth-order valence-electron chi connectivity index (χ4n) is 3.06. The van der Waals surface area contributed by atoms with Crippen molar-refractivity contribution in [1.82, 2.24) is 0 Å². The number of allylic oxidation sites excluding steroid dienone is 11. The quantitative estimate of drug-likeness (QED) is 0.360. The number of carbonyl (C=O) groups is 1. The van der Waals surface area contributed by atoms with Crippen LogP contribution in [0.4, 0.5) is 0 Å². The maximum atomic E-state index is 10.8. The first kappa shape index (κ1) is 21.4. The van der Waals surface area contributed by atoms with Crippen LogP contribution in [0.2, 0.25) is 0 Å². The molecule has 0 unspecified atom stereocenters. The minimum atomic E-state index is -1.21. The average molecular weight is 351 g/mol. The van der Waals surface area contributed by atoms with E-state index in [1.54, 1.807) is 12.1 Å². The van der Waals surface area contributed by atoms with Gasteiger partial charge in [0, 0.05) is 0 Å². The number of hydrogen-bond acceptors (Lipinski definition) is 2. The van der Waals surface area contributed by atoms with E-state index in [1.807, 2.05) is 25.2 Å². The van der Waals surface area contributed by atoms with E-state index in [0.29, 0.717) is 0 Å². The lowest BCUT2D eigenvalue weighted by molar-refractivity contribution is -0.132. The largest absolute Gasteiger partial charge is 0.477 e. The van der Waals surface area contributed by atoms with Crippen LogP contribution >= 0.6 is 0 Å². The topological polar surface area (TPSA) is 61.1 Å². The van der Waals surface area contributed by atoms with Crippen molar-refractivity contribution in [3.8, 4) is 6.07 Å². The molecule has 0 aromatic carbocycles. The zero-order valence-corrected chi connectivity index (χ0v) is 16.5. The molecule has 0 radical (unpaired) electrons. The molecule has 0 amide bonds. The Morgan fingerprint density at radius 3 is 2.38 bits per heavy atom. The van der Waals surface area contributed by atoms with Gasteiger partial charge in [-0.1, -0.05) is 67.0 Å². The summed E-state index contributed by atoms with van der Waals surface area (Å²) in [5, 5.41) is 17.5. The average Bonchev–Trinajstić information content (AvgIpc) is 2.54. The molecule has 1 aliphatic rings. The van der Waals surface area contributed by atoms with E-state index in [0.717, 1.165) is 11.1 Å². The second-order valence-corrected chi connectivity index (χ2v) is 7.44. The molecule has 3 nitrogen and oxygen atoms in total. The molecule has 0 aliphatic heterocycles. The molecule has 0 saturated carbocycles. The van der Waals surface area contributed by atoms with Gasteiger partial charge in [0.1, 0.15) is 11.6 Å². The van der Waals surface area contributed by atoms with E-state index in [9.17, 15) is 4.79 Å². The van der Waals surface area contributed by atoms with Crippen LogP contribution in [0.5, 0.6) is 0 Å². The predicted octanol–water partition coefficient (Wildman–Crippen LogP) is 6.05. The lowest BCUT2D eigenvalue weighted by atomic mass is 9.72. The van der Waals surface area contributed by atoms with Gasteiger partial charge in [0.25, 0.3) is 0 Å². The summed E-state index contributed by atoms with van der Waals surface area (Å²) >= 11 is 0. The molecule has 1 N–H and O–H groups in total. The fourth-order valence-corrected chi connectivity index (χ4v) is 3.06. The van der Waals surface area contributed by atoms with Gasteiger partial charge in [-0.25, -0.2) is 4.79 Å². The molecule has 1 aliphatic carbocycles. The summed E-state index contributed by atoms with van der Waals surface area (Å²) in [6, 6.07) is 1.66. The third-order valence-electron chi connectivity index (χ3n) is 4.64. The predicted molar refractivity (Wildman–Crippen MR) is 107 cm³/mol. The Morgan fingerprint density at radius 2 is 1.81 bits per heavy atom. The van der Waals surface area contributed by atoms with Gasteiger partial charge in [-0.2, -0.15) is 5.26 Å². The highest BCUT2D eigenvalue weighted by Gasteiger charge is 2.26. The maximum Gasteiger partial charge on any atom is 0.346 e. The fraction of sp³-hybridized carbons (Fsp3) is 0.391. The molecule has 0 spiro atoms. The van der Waals surface area contributed by atoms with Crippen molar-refractivity contribution in [2.75, 3.05) is 0 Å². The number of aliphatic carboxylic acids is 1. The summed E-state index contributed by atoms with van der Waals surface area (Å²) in [6.45, 7) is 10.8.